The Morgan fingerprint density at radius 3 is 2.39 bits per heavy atom. The average Bonchev–Trinajstić information content (AvgIpc) is 2.90. The third-order valence-electron chi connectivity index (χ3n) is 3.68. The van der Waals surface area contributed by atoms with Gasteiger partial charge in [0.2, 0.25) is 5.91 Å². The van der Waals surface area contributed by atoms with Crippen LogP contribution in [-0.2, 0) is 11.2 Å². The van der Waals surface area contributed by atoms with E-state index in [1.807, 2.05) is 0 Å². The number of phenols is 1. The Balaban J connectivity index is 1.77. The van der Waals surface area contributed by atoms with Crippen molar-refractivity contribution in [3.05, 3.63) is 49.1 Å². The number of hydrogen-bond donors (Lipinski definition) is 2. The Hall–Kier alpha value is -1.03. The molecule has 4 nitrogen and oxygen atoms in total. The van der Waals surface area contributed by atoms with E-state index < -0.39 is 0 Å². The lowest BCUT2D eigenvalue weighted by Gasteiger charge is -2.14. The Morgan fingerprint density at radius 2 is 1.83 bits per heavy atom. The molecule has 0 unspecified atom stereocenters. The highest BCUT2D eigenvalue weighted by Crippen LogP contribution is 2.34. The molecule has 1 atom stereocenters. The van der Waals surface area contributed by atoms with Gasteiger partial charge in [-0.2, -0.15) is 0 Å². The number of aromatic hydroxyl groups is 1. The minimum atomic E-state index is 0.145. The Kier molecular flexibility index (Phi) is 5.30. The van der Waals surface area contributed by atoms with Gasteiger partial charge in [-0.25, -0.2) is 0 Å². The smallest absolute Gasteiger partial charge is 0.220 e. The first-order valence-electron chi connectivity index (χ1n) is 7.25. The number of phenolic OH excluding ortho intramolecular Hbond substituents is 1. The Labute approximate surface area is 161 Å². The van der Waals surface area contributed by atoms with Crippen LogP contribution in [0.1, 0.15) is 18.4 Å². The molecule has 6 heteroatoms. The molecule has 120 valence electrons. The molecule has 0 radical (unpaired) electrons. The van der Waals surface area contributed by atoms with Crippen molar-refractivity contribution in [2.24, 2.45) is 0 Å². The normalized spacial score (nSPS) is 17.1. The van der Waals surface area contributed by atoms with Gasteiger partial charge in [-0.3, -0.25) is 4.79 Å². The zero-order chi connectivity index (χ0) is 16.4. The number of rotatable bonds is 4. The SMILES string of the molecule is O=C1CC[C@H](Cc2cc(I)c(Oc3ccc(O)cc3)c(I)c2)N1. The third kappa shape index (κ3) is 4.28. The minimum Gasteiger partial charge on any atom is -0.508 e. The first-order valence-corrected chi connectivity index (χ1v) is 9.41. The van der Waals surface area contributed by atoms with Gasteiger partial charge >= 0.3 is 0 Å². The minimum absolute atomic E-state index is 0.145. The second-order valence-electron chi connectivity index (χ2n) is 5.49. The van der Waals surface area contributed by atoms with Crippen LogP contribution in [0.2, 0.25) is 0 Å². The van der Waals surface area contributed by atoms with Crippen LogP contribution < -0.4 is 10.1 Å². The van der Waals surface area contributed by atoms with Crippen molar-refractivity contribution < 1.29 is 14.6 Å². The summed E-state index contributed by atoms with van der Waals surface area (Å²) in [5, 5.41) is 12.3. The second-order valence-corrected chi connectivity index (χ2v) is 7.82. The summed E-state index contributed by atoms with van der Waals surface area (Å²) in [4.78, 5) is 11.3. The van der Waals surface area contributed by atoms with Gasteiger partial charge in [0.25, 0.3) is 0 Å². The van der Waals surface area contributed by atoms with E-state index >= 15 is 0 Å². The molecule has 1 aliphatic rings. The van der Waals surface area contributed by atoms with E-state index in [1.165, 1.54) is 5.56 Å². The van der Waals surface area contributed by atoms with Crippen LogP contribution in [0.25, 0.3) is 0 Å². The van der Waals surface area contributed by atoms with Crippen LogP contribution in [-0.4, -0.2) is 17.1 Å². The van der Waals surface area contributed by atoms with Crippen molar-refractivity contribution in [2.45, 2.75) is 25.3 Å². The summed E-state index contributed by atoms with van der Waals surface area (Å²) >= 11 is 4.54. The number of ether oxygens (including phenoxy) is 1. The summed E-state index contributed by atoms with van der Waals surface area (Å²) in [6.07, 6.45) is 2.37. The average molecular weight is 535 g/mol. The quantitative estimate of drug-likeness (QED) is 0.578. The number of nitrogens with one attached hydrogen (secondary N) is 1. The van der Waals surface area contributed by atoms with E-state index in [4.69, 9.17) is 4.74 Å². The number of carbonyl (C=O) groups excluding carboxylic acids is 1. The van der Waals surface area contributed by atoms with Crippen molar-refractivity contribution in [2.75, 3.05) is 0 Å². The number of carbonyl (C=O) groups is 1. The number of benzene rings is 2. The highest BCUT2D eigenvalue weighted by molar-refractivity contribution is 14.1. The molecule has 0 bridgehead atoms. The fraction of sp³-hybridized carbons (Fsp3) is 0.235. The third-order valence-corrected chi connectivity index (χ3v) is 5.28. The second kappa shape index (κ2) is 7.25. The predicted molar refractivity (Wildman–Crippen MR) is 105 cm³/mol. The lowest BCUT2D eigenvalue weighted by Crippen LogP contribution is -2.27. The highest BCUT2D eigenvalue weighted by Gasteiger charge is 2.21. The maximum Gasteiger partial charge on any atom is 0.220 e. The molecule has 1 heterocycles. The highest BCUT2D eigenvalue weighted by atomic mass is 127. The van der Waals surface area contributed by atoms with Crippen LogP contribution >= 0.6 is 45.2 Å². The standard InChI is InChI=1S/C17H15I2NO3/c18-14-8-10(7-11-1-6-16(22)20-11)9-15(19)17(14)23-13-4-2-12(21)3-5-13/h2-5,8-9,11,21H,1,6-7H2,(H,20,22)/t11-/m1/s1. The van der Waals surface area contributed by atoms with Crippen LogP contribution in [0.4, 0.5) is 0 Å². The number of hydrogen-bond acceptors (Lipinski definition) is 3. The zero-order valence-corrected chi connectivity index (χ0v) is 16.5. The molecule has 2 aromatic carbocycles. The van der Waals surface area contributed by atoms with E-state index in [1.54, 1.807) is 24.3 Å². The van der Waals surface area contributed by atoms with Gasteiger partial charge in [0.1, 0.15) is 11.5 Å². The van der Waals surface area contributed by atoms with E-state index in [0.29, 0.717) is 12.2 Å². The summed E-state index contributed by atoms with van der Waals surface area (Å²) in [5.74, 6) is 1.87. The van der Waals surface area contributed by atoms with Crippen LogP contribution in [0.15, 0.2) is 36.4 Å². The van der Waals surface area contributed by atoms with Gasteiger partial charge in [-0.15, -0.1) is 0 Å². The molecule has 0 spiro atoms. The predicted octanol–water partition coefficient (Wildman–Crippen LogP) is 4.21. The zero-order valence-electron chi connectivity index (χ0n) is 12.2. The molecule has 2 aromatic rings. The summed E-state index contributed by atoms with van der Waals surface area (Å²) in [6, 6.07) is 11.1. The maximum atomic E-state index is 11.3. The molecule has 1 fully saturated rings. The molecular formula is C17H15I2NO3. The molecule has 0 saturated carbocycles. The van der Waals surface area contributed by atoms with E-state index in [9.17, 15) is 9.90 Å². The lowest BCUT2D eigenvalue weighted by atomic mass is 10.0. The van der Waals surface area contributed by atoms with Crippen molar-refractivity contribution in [1.82, 2.24) is 5.32 Å². The molecule has 3 rings (SSSR count). The van der Waals surface area contributed by atoms with Crippen LogP contribution in [0.3, 0.4) is 0 Å². The van der Waals surface area contributed by atoms with Gasteiger partial charge in [0.15, 0.2) is 5.75 Å². The molecule has 1 amide bonds. The van der Waals surface area contributed by atoms with Gasteiger partial charge in [0, 0.05) is 12.5 Å². The summed E-state index contributed by atoms with van der Waals surface area (Å²) in [6.45, 7) is 0. The van der Waals surface area contributed by atoms with Crippen molar-refractivity contribution >= 4 is 51.1 Å². The van der Waals surface area contributed by atoms with Crippen LogP contribution in [0, 0.1) is 7.14 Å². The summed E-state index contributed by atoms with van der Waals surface area (Å²) < 4.78 is 8.00. The molecule has 0 aromatic heterocycles. The van der Waals surface area contributed by atoms with Crippen molar-refractivity contribution in [1.29, 1.82) is 0 Å². The number of halogens is 2. The largest absolute Gasteiger partial charge is 0.508 e. The fourth-order valence-corrected chi connectivity index (χ4v) is 4.69. The van der Waals surface area contributed by atoms with Gasteiger partial charge < -0.3 is 15.2 Å². The Morgan fingerprint density at radius 1 is 1.17 bits per heavy atom. The van der Waals surface area contributed by atoms with Gasteiger partial charge in [-0.1, -0.05) is 0 Å². The first kappa shape index (κ1) is 16.8. The van der Waals surface area contributed by atoms with Gasteiger partial charge in [-0.05, 0) is 100.0 Å². The molecular weight excluding hydrogens is 520 g/mol. The van der Waals surface area contributed by atoms with E-state index in [0.717, 1.165) is 25.7 Å². The Bertz CT molecular complexity index is 708. The lowest BCUT2D eigenvalue weighted by molar-refractivity contribution is -0.119. The summed E-state index contributed by atoms with van der Waals surface area (Å²) in [7, 11) is 0. The molecule has 2 N–H and O–H groups in total. The molecule has 23 heavy (non-hydrogen) atoms. The van der Waals surface area contributed by atoms with E-state index in [2.05, 4.69) is 62.6 Å². The number of amides is 1. The monoisotopic (exact) mass is 535 g/mol. The maximum absolute atomic E-state index is 11.3. The summed E-state index contributed by atoms with van der Waals surface area (Å²) in [5.41, 5.74) is 1.20. The first-order chi connectivity index (χ1) is 11.0. The van der Waals surface area contributed by atoms with Crippen molar-refractivity contribution in [3.8, 4) is 17.2 Å². The van der Waals surface area contributed by atoms with E-state index in [-0.39, 0.29) is 17.7 Å². The molecule has 1 saturated heterocycles. The van der Waals surface area contributed by atoms with Crippen LogP contribution in [0.5, 0.6) is 17.2 Å². The van der Waals surface area contributed by atoms with Crippen molar-refractivity contribution in [3.63, 3.8) is 0 Å². The molecule has 0 aliphatic carbocycles. The topological polar surface area (TPSA) is 58.6 Å². The molecule has 1 aliphatic heterocycles. The fourth-order valence-electron chi connectivity index (χ4n) is 2.57. The van der Waals surface area contributed by atoms with Gasteiger partial charge in [0.05, 0.1) is 7.14 Å².